The summed E-state index contributed by atoms with van der Waals surface area (Å²) in [6.07, 6.45) is 5.50. The molecule has 0 saturated carbocycles. The van der Waals surface area contributed by atoms with Crippen LogP contribution < -0.4 is 5.32 Å². The molecule has 3 heteroatoms. The van der Waals surface area contributed by atoms with Gasteiger partial charge < -0.3 is 10.2 Å². The predicted molar refractivity (Wildman–Crippen MR) is 85.2 cm³/mol. The number of piperidine rings is 2. The van der Waals surface area contributed by atoms with E-state index in [4.69, 9.17) is 0 Å². The molecule has 2 aliphatic heterocycles. The molecule has 21 heavy (non-hydrogen) atoms. The van der Waals surface area contributed by atoms with E-state index >= 15 is 0 Å². The zero-order valence-electron chi connectivity index (χ0n) is 13.0. The van der Waals surface area contributed by atoms with Crippen LogP contribution in [0.2, 0.25) is 0 Å². The fourth-order valence-electron chi connectivity index (χ4n) is 3.77. The van der Waals surface area contributed by atoms with E-state index in [0.717, 1.165) is 26.2 Å². The minimum absolute atomic E-state index is 0.299. The Morgan fingerprint density at radius 2 is 1.81 bits per heavy atom. The summed E-state index contributed by atoms with van der Waals surface area (Å²) in [4.78, 5) is 14.6. The van der Waals surface area contributed by atoms with Crippen LogP contribution in [0.1, 0.15) is 36.8 Å². The molecule has 0 unspecified atom stereocenters. The third-order valence-electron chi connectivity index (χ3n) is 5.44. The molecule has 2 fully saturated rings. The molecule has 2 heterocycles. The summed E-state index contributed by atoms with van der Waals surface area (Å²) in [7, 11) is 0. The van der Waals surface area contributed by atoms with E-state index in [2.05, 4.69) is 29.3 Å². The van der Waals surface area contributed by atoms with Crippen molar-refractivity contribution in [3.8, 4) is 0 Å². The molecule has 0 bridgehead atoms. The third-order valence-corrected chi connectivity index (χ3v) is 5.44. The van der Waals surface area contributed by atoms with Gasteiger partial charge in [-0.15, -0.1) is 0 Å². The molecule has 0 aromatic heterocycles. The zero-order chi connectivity index (χ0) is 14.7. The zero-order valence-corrected chi connectivity index (χ0v) is 13.0. The number of hydrogen-bond acceptors (Lipinski definition) is 2. The topological polar surface area (TPSA) is 32.3 Å². The second kappa shape index (κ2) is 6.18. The molecule has 1 N–H and O–H groups in total. The van der Waals surface area contributed by atoms with Gasteiger partial charge in [0.1, 0.15) is 0 Å². The van der Waals surface area contributed by atoms with Crippen molar-refractivity contribution >= 4 is 5.91 Å². The van der Waals surface area contributed by atoms with Crippen molar-refractivity contribution < 1.29 is 4.79 Å². The highest BCUT2D eigenvalue weighted by atomic mass is 16.2. The van der Waals surface area contributed by atoms with E-state index in [9.17, 15) is 4.79 Å². The number of amides is 1. The Bertz CT molecular complexity index is 496. The van der Waals surface area contributed by atoms with E-state index in [1.807, 2.05) is 12.1 Å². The minimum Gasteiger partial charge on any atom is -0.342 e. The number of aryl methyl sites for hydroxylation is 1. The Balaban J connectivity index is 1.57. The predicted octanol–water partition coefficient (Wildman–Crippen LogP) is 2.53. The lowest BCUT2D eigenvalue weighted by Gasteiger charge is -2.44. The first-order valence-electron chi connectivity index (χ1n) is 8.22. The van der Waals surface area contributed by atoms with E-state index in [0.29, 0.717) is 17.7 Å². The van der Waals surface area contributed by atoms with Gasteiger partial charge in [-0.1, -0.05) is 24.3 Å². The fraction of sp³-hybridized carbons (Fsp3) is 0.611. The number of nitrogens with zero attached hydrogens (tertiary/aromatic N) is 1. The molecule has 1 spiro atoms. The third kappa shape index (κ3) is 3.29. The number of hydrogen-bond donors (Lipinski definition) is 1. The highest BCUT2D eigenvalue weighted by Gasteiger charge is 2.36. The van der Waals surface area contributed by atoms with Crippen molar-refractivity contribution in [2.24, 2.45) is 5.41 Å². The van der Waals surface area contributed by atoms with Crippen LogP contribution in [0.15, 0.2) is 24.3 Å². The van der Waals surface area contributed by atoms with Crippen LogP contribution in [0.5, 0.6) is 0 Å². The van der Waals surface area contributed by atoms with Crippen LogP contribution in [0.25, 0.3) is 0 Å². The first kappa shape index (κ1) is 14.6. The number of nitrogens with one attached hydrogen (secondary N) is 1. The van der Waals surface area contributed by atoms with Crippen LogP contribution in [0.3, 0.4) is 0 Å². The quantitative estimate of drug-likeness (QED) is 0.906. The van der Waals surface area contributed by atoms with E-state index in [1.165, 1.54) is 36.8 Å². The van der Waals surface area contributed by atoms with Crippen molar-refractivity contribution in [1.29, 1.82) is 0 Å². The van der Waals surface area contributed by atoms with Gasteiger partial charge in [0.05, 0.1) is 6.42 Å². The maximum atomic E-state index is 12.5. The molecule has 1 aromatic rings. The minimum atomic E-state index is 0.299. The maximum Gasteiger partial charge on any atom is 0.226 e. The summed E-state index contributed by atoms with van der Waals surface area (Å²) in [5.74, 6) is 0.299. The normalized spacial score (nSPS) is 21.5. The molecular weight excluding hydrogens is 260 g/mol. The van der Waals surface area contributed by atoms with Gasteiger partial charge in [0, 0.05) is 13.1 Å². The monoisotopic (exact) mass is 286 g/mol. The number of rotatable bonds is 2. The summed E-state index contributed by atoms with van der Waals surface area (Å²) < 4.78 is 0. The largest absolute Gasteiger partial charge is 0.342 e. The summed E-state index contributed by atoms with van der Waals surface area (Å²) in [6.45, 7) is 6.28. The summed E-state index contributed by atoms with van der Waals surface area (Å²) >= 11 is 0. The lowest BCUT2D eigenvalue weighted by Crippen LogP contribution is -2.47. The molecule has 0 atom stereocenters. The molecule has 2 aliphatic rings. The summed E-state index contributed by atoms with van der Waals surface area (Å²) in [5, 5.41) is 3.45. The Kier molecular flexibility index (Phi) is 4.29. The van der Waals surface area contributed by atoms with Gasteiger partial charge in [-0.2, -0.15) is 0 Å². The average molecular weight is 286 g/mol. The molecule has 1 amide bonds. The lowest BCUT2D eigenvalue weighted by atomic mass is 9.71. The second-order valence-corrected chi connectivity index (χ2v) is 6.73. The van der Waals surface area contributed by atoms with Crippen molar-refractivity contribution in [3.05, 3.63) is 35.4 Å². The van der Waals surface area contributed by atoms with Gasteiger partial charge in [-0.25, -0.2) is 0 Å². The first-order valence-corrected chi connectivity index (χ1v) is 8.22. The number of likely N-dealkylation sites (tertiary alicyclic amines) is 1. The molecule has 3 rings (SSSR count). The second-order valence-electron chi connectivity index (χ2n) is 6.73. The summed E-state index contributed by atoms with van der Waals surface area (Å²) in [6, 6.07) is 8.22. The van der Waals surface area contributed by atoms with Crippen molar-refractivity contribution in [2.75, 3.05) is 26.2 Å². The Morgan fingerprint density at radius 3 is 2.48 bits per heavy atom. The molecule has 2 saturated heterocycles. The van der Waals surface area contributed by atoms with E-state index < -0.39 is 0 Å². The van der Waals surface area contributed by atoms with E-state index in [1.54, 1.807) is 0 Å². The van der Waals surface area contributed by atoms with Crippen molar-refractivity contribution in [1.82, 2.24) is 10.2 Å². The molecule has 0 radical (unpaired) electrons. The molecule has 3 nitrogen and oxygen atoms in total. The van der Waals surface area contributed by atoms with Crippen molar-refractivity contribution in [3.63, 3.8) is 0 Å². The smallest absolute Gasteiger partial charge is 0.226 e. The first-order chi connectivity index (χ1) is 10.2. The van der Waals surface area contributed by atoms with E-state index in [-0.39, 0.29) is 0 Å². The van der Waals surface area contributed by atoms with Crippen LogP contribution >= 0.6 is 0 Å². The number of carbonyl (C=O) groups is 1. The van der Waals surface area contributed by atoms with Crippen LogP contribution in [0, 0.1) is 12.3 Å². The Hall–Kier alpha value is -1.35. The molecule has 1 aromatic carbocycles. The average Bonchev–Trinajstić information content (AvgIpc) is 2.51. The molecule has 114 valence electrons. The van der Waals surface area contributed by atoms with Gasteiger partial charge in [0.25, 0.3) is 0 Å². The SMILES string of the molecule is Cc1ccccc1CC(=O)N1CCC2(CCNCC2)CC1. The highest BCUT2D eigenvalue weighted by Crippen LogP contribution is 2.39. The van der Waals surface area contributed by atoms with Gasteiger partial charge in [-0.3, -0.25) is 4.79 Å². The van der Waals surface area contributed by atoms with Gasteiger partial charge in [0.2, 0.25) is 5.91 Å². The molecule has 0 aliphatic carbocycles. The van der Waals surface area contributed by atoms with Crippen LogP contribution in [-0.2, 0) is 11.2 Å². The standard InChI is InChI=1S/C18H26N2O/c1-15-4-2-3-5-16(15)14-17(21)20-12-8-18(9-13-20)6-10-19-11-7-18/h2-5,19H,6-14H2,1H3. The number of benzene rings is 1. The Labute approximate surface area is 127 Å². The lowest BCUT2D eigenvalue weighted by molar-refractivity contribution is -0.133. The van der Waals surface area contributed by atoms with Gasteiger partial charge >= 0.3 is 0 Å². The summed E-state index contributed by atoms with van der Waals surface area (Å²) in [5.41, 5.74) is 2.91. The number of carbonyl (C=O) groups excluding carboxylic acids is 1. The van der Waals surface area contributed by atoms with Gasteiger partial charge in [-0.05, 0) is 62.2 Å². The maximum absolute atomic E-state index is 12.5. The van der Waals surface area contributed by atoms with Crippen LogP contribution in [-0.4, -0.2) is 37.0 Å². The van der Waals surface area contributed by atoms with Crippen LogP contribution in [0.4, 0.5) is 0 Å². The fourth-order valence-corrected chi connectivity index (χ4v) is 3.77. The van der Waals surface area contributed by atoms with Gasteiger partial charge in [0.15, 0.2) is 0 Å². The molecular formula is C18H26N2O. The Morgan fingerprint density at radius 1 is 1.14 bits per heavy atom. The van der Waals surface area contributed by atoms with Crippen molar-refractivity contribution in [2.45, 2.75) is 39.0 Å². The highest BCUT2D eigenvalue weighted by molar-refractivity contribution is 5.79.